The molecule has 0 radical (unpaired) electrons. The van der Waals surface area contributed by atoms with Crippen LogP contribution in [0.4, 0.5) is 17.6 Å². The van der Waals surface area contributed by atoms with E-state index in [9.17, 15) is 17.6 Å². The monoisotopic (exact) mass is 718 g/mol. The van der Waals surface area contributed by atoms with E-state index in [1.54, 1.807) is 0 Å². The summed E-state index contributed by atoms with van der Waals surface area (Å²) in [6.45, 7) is 0. The Morgan fingerprint density at radius 2 is 0.455 bits per heavy atom. The van der Waals surface area contributed by atoms with Crippen molar-refractivity contribution in [3.63, 3.8) is 0 Å². The normalized spacial score (nSPS) is 10.1. The van der Waals surface area contributed by atoms with E-state index in [-0.39, 0.29) is 28.7 Å². The molecule has 0 saturated carbocycles. The fraction of sp³-hybridized carbons (Fsp3) is 0. The van der Waals surface area contributed by atoms with Crippen molar-refractivity contribution in [1.82, 2.24) is 0 Å². The Bertz CT molecular complexity index is 909. The number of halogens is 4. The van der Waals surface area contributed by atoms with Crippen LogP contribution in [0, 0.1) is 23.3 Å². The average molecular weight is 714 g/mol. The van der Waals surface area contributed by atoms with E-state index in [2.05, 4.69) is 0 Å². The molecule has 1 nitrogen and oxygen atoms in total. The van der Waals surface area contributed by atoms with Crippen LogP contribution < -0.4 is 17.8 Å². The van der Waals surface area contributed by atoms with Crippen LogP contribution in [0.25, 0.3) is 0 Å². The van der Waals surface area contributed by atoms with Gasteiger partial charge in [-0.15, -0.1) is 0 Å². The Balaban J connectivity index is 0.000000227. The maximum Gasteiger partial charge on any atom is -0.412 e. The summed E-state index contributed by atoms with van der Waals surface area (Å²) < 4.78 is 55.4. The van der Waals surface area contributed by atoms with E-state index >= 15 is 0 Å². The summed E-state index contributed by atoms with van der Waals surface area (Å²) in [5.41, 5.74) is 0. The van der Waals surface area contributed by atoms with Crippen LogP contribution in [0.5, 0.6) is 0 Å². The van der Waals surface area contributed by atoms with Gasteiger partial charge in [0.1, 0.15) is 0 Å². The van der Waals surface area contributed by atoms with E-state index in [0.29, 0.717) is 52.5 Å². The molecule has 4 aromatic rings. The smallest absolute Gasteiger partial charge is 0.412 e. The van der Waals surface area contributed by atoms with Crippen molar-refractivity contribution in [3.8, 4) is 0 Å². The van der Waals surface area contributed by atoms with Crippen molar-refractivity contribution in [2.45, 2.75) is 0 Å². The Hall–Kier alpha value is -1.36. The van der Waals surface area contributed by atoms with Crippen LogP contribution in [-0.4, -0.2) is 58.0 Å². The molecule has 0 bridgehead atoms. The molecule has 0 unspecified atom stereocenters. The predicted molar refractivity (Wildman–Crippen MR) is 131 cm³/mol. The van der Waals surface area contributed by atoms with Gasteiger partial charge in [0, 0.05) is 0 Å². The van der Waals surface area contributed by atoms with Crippen molar-refractivity contribution >= 4 is 70.4 Å². The van der Waals surface area contributed by atoms with Gasteiger partial charge in [-0.1, -0.05) is 0 Å². The van der Waals surface area contributed by atoms with Gasteiger partial charge in [-0.25, -0.2) is 0 Å². The summed E-state index contributed by atoms with van der Waals surface area (Å²) in [6.07, 6.45) is 0. The van der Waals surface area contributed by atoms with Crippen LogP contribution in [0.2, 0.25) is 0 Å². The van der Waals surface area contributed by atoms with Gasteiger partial charge in [0.05, 0.1) is 0 Å². The maximum atomic E-state index is 12.7. The molecule has 0 saturated heterocycles. The third kappa shape index (κ3) is 10.6. The van der Waals surface area contributed by atoms with Gasteiger partial charge in [0.25, 0.3) is 0 Å². The quantitative estimate of drug-likeness (QED) is 0.215. The first kappa shape index (κ1) is 27.9. The summed E-state index contributed by atoms with van der Waals surface area (Å²) in [4.78, 5) is 0. The first-order chi connectivity index (χ1) is 15.5. The minimum Gasteiger partial charge on any atom is -0.412 e. The standard InChI is InChI=1S/2C12H8F2Se2.H2O/c2*13-9-1-5-11(6-2-9)15-16-12-7-3-10(14)4-8-12;/h2*1-8H;1H2. The van der Waals surface area contributed by atoms with Gasteiger partial charge in [-0.2, -0.15) is 0 Å². The first-order valence-corrected chi connectivity index (χ1v) is 21.3. The Kier molecular flexibility index (Phi) is 12.5. The zero-order valence-electron chi connectivity index (χ0n) is 16.9. The molecule has 0 aliphatic carbocycles. The van der Waals surface area contributed by atoms with Crippen LogP contribution in [0.15, 0.2) is 97.1 Å². The zero-order chi connectivity index (χ0) is 22.8. The van der Waals surface area contributed by atoms with Crippen molar-refractivity contribution < 1.29 is 23.0 Å². The molecule has 9 heteroatoms. The Labute approximate surface area is 212 Å². The number of rotatable bonds is 6. The maximum absolute atomic E-state index is 12.7. The molecule has 0 amide bonds. The van der Waals surface area contributed by atoms with Crippen LogP contribution in [0.3, 0.4) is 0 Å². The molecule has 0 spiro atoms. The van der Waals surface area contributed by atoms with Crippen molar-refractivity contribution in [1.29, 1.82) is 0 Å². The van der Waals surface area contributed by atoms with Gasteiger partial charge in [-0.05, 0) is 0 Å². The molecule has 4 aromatic carbocycles. The fourth-order valence-corrected chi connectivity index (χ4v) is 14.1. The third-order valence-corrected chi connectivity index (χ3v) is 18.2. The molecule has 0 aliphatic rings. The minimum atomic E-state index is -0.200. The van der Waals surface area contributed by atoms with E-state index in [1.165, 1.54) is 66.4 Å². The summed E-state index contributed by atoms with van der Waals surface area (Å²) in [6, 6.07) is 26.4. The van der Waals surface area contributed by atoms with Gasteiger partial charge in [-0.3, -0.25) is 0 Å². The van der Waals surface area contributed by atoms with Crippen molar-refractivity contribution in [2.75, 3.05) is 0 Å². The van der Waals surface area contributed by atoms with Crippen molar-refractivity contribution in [3.05, 3.63) is 120 Å². The second-order valence-corrected chi connectivity index (χ2v) is 18.8. The van der Waals surface area contributed by atoms with Gasteiger partial charge >= 0.3 is 208 Å². The number of hydrogen-bond donors (Lipinski definition) is 0. The molecule has 0 aliphatic heterocycles. The molecule has 4 rings (SSSR count). The fourth-order valence-electron chi connectivity index (χ4n) is 2.15. The van der Waals surface area contributed by atoms with E-state index < -0.39 is 0 Å². The summed E-state index contributed by atoms with van der Waals surface area (Å²) in [5.74, 6) is -0.801. The topological polar surface area (TPSA) is 31.5 Å². The van der Waals surface area contributed by atoms with Gasteiger partial charge in [0.15, 0.2) is 0 Å². The zero-order valence-corrected chi connectivity index (χ0v) is 23.7. The molecular weight excluding hydrogens is 696 g/mol. The van der Waals surface area contributed by atoms with Crippen molar-refractivity contribution in [2.24, 2.45) is 0 Å². The van der Waals surface area contributed by atoms with E-state index in [1.807, 2.05) is 48.5 Å². The van der Waals surface area contributed by atoms with Crippen LogP contribution in [0.1, 0.15) is 0 Å². The molecular formula is C24H18F4OSe4. The molecule has 0 fully saturated rings. The summed E-state index contributed by atoms with van der Waals surface area (Å²) in [5, 5.41) is 0. The molecule has 0 aromatic heterocycles. The number of hydrogen-bond acceptors (Lipinski definition) is 0. The van der Waals surface area contributed by atoms with Gasteiger partial charge < -0.3 is 5.48 Å². The minimum absolute atomic E-state index is 0. The Morgan fingerprint density at radius 1 is 0.303 bits per heavy atom. The SMILES string of the molecule is Fc1ccc([Se][Se]c2ccc(F)cc2)cc1.Fc1ccc([Se][Se]c2ccc(F)cc2)cc1.O. The first-order valence-electron chi connectivity index (χ1n) is 9.19. The molecule has 2 N–H and O–H groups in total. The van der Waals surface area contributed by atoms with E-state index in [0.717, 1.165) is 0 Å². The van der Waals surface area contributed by atoms with E-state index in [4.69, 9.17) is 0 Å². The summed E-state index contributed by atoms with van der Waals surface area (Å²) in [7, 11) is 0. The molecule has 172 valence electrons. The molecule has 0 heterocycles. The van der Waals surface area contributed by atoms with Crippen LogP contribution >= 0.6 is 0 Å². The largest absolute Gasteiger partial charge is 0.412 e. The van der Waals surface area contributed by atoms with Gasteiger partial charge in [0.2, 0.25) is 0 Å². The Morgan fingerprint density at radius 3 is 0.606 bits per heavy atom. The molecule has 0 atom stereocenters. The van der Waals surface area contributed by atoms with Crippen LogP contribution in [-0.2, 0) is 0 Å². The number of benzene rings is 4. The molecule has 33 heavy (non-hydrogen) atoms. The predicted octanol–water partition coefficient (Wildman–Crippen LogP) is 1.65. The summed E-state index contributed by atoms with van der Waals surface area (Å²) >= 11 is 1.33. The second kappa shape index (κ2) is 14.8. The average Bonchev–Trinajstić information content (AvgIpc) is 2.81. The third-order valence-electron chi connectivity index (χ3n) is 3.72. The second-order valence-electron chi connectivity index (χ2n) is 6.15.